The van der Waals surface area contributed by atoms with Crippen LogP contribution in [0.15, 0.2) is 28.7 Å². The molecule has 1 aliphatic heterocycles. The molecule has 4 heteroatoms. The van der Waals surface area contributed by atoms with Gasteiger partial charge in [0.15, 0.2) is 0 Å². The van der Waals surface area contributed by atoms with Crippen molar-refractivity contribution in [3.8, 4) is 0 Å². The molecule has 18 heavy (non-hydrogen) atoms. The van der Waals surface area contributed by atoms with Crippen LogP contribution in [0.25, 0.3) is 0 Å². The van der Waals surface area contributed by atoms with E-state index in [-0.39, 0.29) is 11.7 Å². The minimum absolute atomic E-state index is 0.0668. The Balaban J connectivity index is 2.04. The largest absolute Gasteiger partial charge is 0.369 e. The monoisotopic (exact) mass is 375 g/mol. The standard InChI is InChI=1S/C14H19Br2NO/c1-14(2)10-17(9-13(7-15)18-14)8-11-4-3-5-12(16)6-11/h3-6,13H,7-10H2,1-2H3. The summed E-state index contributed by atoms with van der Waals surface area (Å²) >= 11 is 7.05. The van der Waals surface area contributed by atoms with Gasteiger partial charge in [0.25, 0.3) is 0 Å². The van der Waals surface area contributed by atoms with Crippen molar-refractivity contribution in [1.82, 2.24) is 4.90 Å². The van der Waals surface area contributed by atoms with Crippen LogP contribution in [0, 0.1) is 0 Å². The highest BCUT2D eigenvalue weighted by Gasteiger charge is 2.32. The summed E-state index contributed by atoms with van der Waals surface area (Å²) in [5, 5.41) is 0.894. The van der Waals surface area contributed by atoms with Gasteiger partial charge in [-0.1, -0.05) is 44.0 Å². The molecule has 1 fully saturated rings. The lowest BCUT2D eigenvalue weighted by Crippen LogP contribution is -2.52. The van der Waals surface area contributed by atoms with Gasteiger partial charge in [-0.3, -0.25) is 4.90 Å². The van der Waals surface area contributed by atoms with Crippen LogP contribution in [0.2, 0.25) is 0 Å². The highest BCUT2D eigenvalue weighted by molar-refractivity contribution is 9.10. The Morgan fingerprint density at radius 2 is 2.22 bits per heavy atom. The fraction of sp³-hybridized carbons (Fsp3) is 0.571. The van der Waals surface area contributed by atoms with Crippen molar-refractivity contribution in [2.45, 2.75) is 32.1 Å². The molecular formula is C14H19Br2NO. The molecule has 0 aliphatic carbocycles. The molecule has 0 spiro atoms. The molecule has 0 amide bonds. The molecule has 0 aromatic heterocycles. The average Bonchev–Trinajstić information content (AvgIpc) is 2.26. The Labute approximate surface area is 126 Å². The first kappa shape index (κ1) is 14.5. The summed E-state index contributed by atoms with van der Waals surface area (Å²) in [4.78, 5) is 2.47. The van der Waals surface area contributed by atoms with E-state index >= 15 is 0 Å². The molecule has 1 heterocycles. The number of nitrogens with zero attached hydrogens (tertiary/aromatic N) is 1. The zero-order valence-corrected chi connectivity index (χ0v) is 14.0. The Kier molecular flexibility index (Phi) is 4.86. The van der Waals surface area contributed by atoms with Crippen molar-refractivity contribution >= 4 is 31.9 Å². The number of rotatable bonds is 3. The molecule has 1 unspecified atom stereocenters. The molecule has 1 saturated heterocycles. The molecule has 0 saturated carbocycles. The van der Waals surface area contributed by atoms with Gasteiger partial charge in [0.05, 0.1) is 11.7 Å². The SMILES string of the molecule is CC1(C)CN(Cc2cccc(Br)c2)CC(CBr)O1. The van der Waals surface area contributed by atoms with Gasteiger partial charge in [0.2, 0.25) is 0 Å². The van der Waals surface area contributed by atoms with E-state index in [2.05, 4.69) is 74.9 Å². The summed E-state index contributed by atoms with van der Waals surface area (Å²) in [5.41, 5.74) is 1.28. The van der Waals surface area contributed by atoms with E-state index < -0.39 is 0 Å². The summed E-state index contributed by atoms with van der Waals surface area (Å²) in [6.45, 7) is 7.27. The molecule has 0 N–H and O–H groups in total. The summed E-state index contributed by atoms with van der Waals surface area (Å²) in [5.74, 6) is 0. The lowest BCUT2D eigenvalue weighted by atomic mass is 10.0. The third kappa shape index (κ3) is 4.05. The fourth-order valence-corrected chi connectivity index (χ4v) is 3.29. The predicted octanol–water partition coefficient (Wildman–Crippen LogP) is 3.82. The number of morpholine rings is 1. The molecule has 1 aliphatic rings. The minimum Gasteiger partial charge on any atom is -0.369 e. The van der Waals surface area contributed by atoms with E-state index in [4.69, 9.17) is 4.74 Å². The van der Waals surface area contributed by atoms with Crippen LogP contribution in [0.3, 0.4) is 0 Å². The second-order valence-corrected chi connectivity index (χ2v) is 7.02. The minimum atomic E-state index is -0.0668. The van der Waals surface area contributed by atoms with Gasteiger partial charge in [-0.05, 0) is 31.5 Å². The average molecular weight is 377 g/mol. The van der Waals surface area contributed by atoms with Gasteiger partial charge in [-0.15, -0.1) is 0 Å². The molecule has 1 atom stereocenters. The normalized spacial score (nSPS) is 24.1. The molecule has 0 radical (unpaired) electrons. The van der Waals surface area contributed by atoms with Crippen LogP contribution >= 0.6 is 31.9 Å². The van der Waals surface area contributed by atoms with Crippen LogP contribution in [0.5, 0.6) is 0 Å². The Morgan fingerprint density at radius 1 is 1.44 bits per heavy atom. The van der Waals surface area contributed by atoms with Crippen molar-refractivity contribution in [3.63, 3.8) is 0 Å². The molecule has 2 rings (SSSR count). The lowest BCUT2D eigenvalue weighted by Gasteiger charge is -2.42. The molecular weight excluding hydrogens is 358 g/mol. The quantitative estimate of drug-likeness (QED) is 0.743. The number of halogens is 2. The Morgan fingerprint density at radius 3 is 2.89 bits per heavy atom. The van der Waals surface area contributed by atoms with Gasteiger partial charge in [-0.25, -0.2) is 0 Å². The number of benzene rings is 1. The first-order valence-corrected chi connectivity index (χ1v) is 8.10. The Bertz CT molecular complexity index is 409. The van der Waals surface area contributed by atoms with Crippen molar-refractivity contribution in [2.75, 3.05) is 18.4 Å². The van der Waals surface area contributed by atoms with Gasteiger partial charge in [0.1, 0.15) is 0 Å². The van der Waals surface area contributed by atoms with E-state index in [0.29, 0.717) is 0 Å². The first-order chi connectivity index (χ1) is 8.48. The topological polar surface area (TPSA) is 12.5 Å². The van der Waals surface area contributed by atoms with E-state index in [0.717, 1.165) is 29.4 Å². The van der Waals surface area contributed by atoms with E-state index in [1.165, 1.54) is 5.56 Å². The van der Waals surface area contributed by atoms with Gasteiger partial charge < -0.3 is 4.74 Å². The van der Waals surface area contributed by atoms with Crippen LogP contribution in [-0.2, 0) is 11.3 Å². The molecule has 1 aromatic rings. The molecule has 0 bridgehead atoms. The Hall–Kier alpha value is 0.1000. The van der Waals surface area contributed by atoms with Gasteiger partial charge in [-0.2, -0.15) is 0 Å². The second-order valence-electron chi connectivity index (χ2n) is 5.45. The molecule has 1 aromatic carbocycles. The van der Waals surface area contributed by atoms with Crippen LogP contribution in [0.4, 0.5) is 0 Å². The predicted molar refractivity (Wildman–Crippen MR) is 82.2 cm³/mol. The number of alkyl halides is 1. The first-order valence-electron chi connectivity index (χ1n) is 6.19. The fourth-order valence-electron chi connectivity index (χ4n) is 2.51. The van der Waals surface area contributed by atoms with E-state index in [9.17, 15) is 0 Å². The van der Waals surface area contributed by atoms with Crippen LogP contribution < -0.4 is 0 Å². The van der Waals surface area contributed by atoms with Crippen LogP contribution in [0.1, 0.15) is 19.4 Å². The summed E-state index contributed by atoms with van der Waals surface area (Å²) in [6.07, 6.45) is 0.279. The van der Waals surface area contributed by atoms with Gasteiger partial charge >= 0.3 is 0 Å². The maximum atomic E-state index is 6.02. The van der Waals surface area contributed by atoms with Crippen molar-refractivity contribution in [3.05, 3.63) is 34.3 Å². The van der Waals surface area contributed by atoms with Crippen molar-refractivity contribution in [2.24, 2.45) is 0 Å². The third-order valence-electron chi connectivity index (χ3n) is 3.02. The maximum Gasteiger partial charge on any atom is 0.0806 e. The van der Waals surface area contributed by atoms with Gasteiger partial charge in [0, 0.05) is 29.4 Å². The number of hydrogen-bond donors (Lipinski definition) is 0. The number of ether oxygens (including phenoxy) is 1. The summed E-state index contributed by atoms with van der Waals surface area (Å²) in [6, 6.07) is 8.52. The second kappa shape index (κ2) is 6.04. The van der Waals surface area contributed by atoms with E-state index in [1.807, 2.05) is 0 Å². The van der Waals surface area contributed by atoms with E-state index in [1.54, 1.807) is 0 Å². The van der Waals surface area contributed by atoms with Crippen molar-refractivity contribution < 1.29 is 4.74 Å². The highest BCUT2D eigenvalue weighted by atomic mass is 79.9. The van der Waals surface area contributed by atoms with Crippen molar-refractivity contribution in [1.29, 1.82) is 0 Å². The maximum absolute atomic E-state index is 6.02. The zero-order chi connectivity index (χ0) is 13.2. The summed E-state index contributed by atoms with van der Waals surface area (Å²) in [7, 11) is 0. The number of hydrogen-bond acceptors (Lipinski definition) is 2. The molecule has 100 valence electrons. The smallest absolute Gasteiger partial charge is 0.0806 e. The van der Waals surface area contributed by atoms with Crippen LogP contribution in [-0.4, -0.2) is 35.0 Å². The third-order valence-corrected chi connectivity index (χ3v) is 4.23. The zero-order valence-electron chi connectivity index (χ0n) is 10.8. The molecule has 2 nitrogen and oxygen atoms in total. The lowest BCUT2D eigenvalue weighted by molar-refractivity contribution is -0.128. The highest BCUT2D eigenvalue weighted by Crippen LogP contribution is 2.24. The summed E-state index contributed by atoms with van der Waals surface area (Å²) < 4.78 is 7.16.